The molecule has 16 heavy (non-hydrogen) atoms. The maximum atomic E-state index is 12.0. The lowest BCUT2D eigenvalue weighted by Crippen LogP contribution is -2.50. The first-order chi connectivity index (χ1) is 7.49. The molecule has 5 nitrogen and oxygen atoms in total. The Labute approximate surface area is 95.6 Å². The smallest absolute Gasteiger partial charge is 0.326 e. The fraction of sp³-hybridized carbons (Fsp3) is 0.818. The van der Waals surface area contributed by atoms with E-state index in [1.54, 1.807) is 6.92 Å². The number of hydrogen-bond acceptors (Lipinski definition) is 3. The van der Waals surface area contributed by atoms with Crippen molar-refractivity contribution in [1.29, 1.82) is 0 Å². The number of carboxylic acids is 1. The summed E-state index contributed by atoms with van der Waals surface area (Å²) in [5, 5.41) is 14.7. The first kappa shape index (κ1) is 13.0. The topological polar surface area (TPSA) is 78.4 Å². The summed E-state index contributed by atoms with van der Waals surface area (Å²) in [7, 11) is 0. The molecule has 0 saturated carbocycles. The van der Waals surface area contributed by atoms with E-state index in [9.17, 15) is 9.59 Å². The summed E-state index contributed by atoms with van der Waals surface area (Å²) in [6.45, 7) is 5.28. The summed E-state index contributed by atoms with van der Waals surface area (Å²) >= 11 is 0. The van der Waals surface area contributed by atoms with E-state index in [0.29, 0.717) is 6.42 Å². The molecule has 1 aliphatic heterocycles. The van der Waals surface area contributed by atoms with Gasteiger partial charge in [0.25, 0.3) is 0 Å². The van der Waals surface area contributed by atoms with E-state index in [0.717, 1.165) is 25.9 Å². The number of carboxylic acid groups (broad SMARTS) is 1. The molecule has 1 fully saturated rings. The van der Waals surface area contributed by atoms with Gasteiger partial charge in [0, 0.05) is 5.41 Å². The SMILES string of the molecule is CCC(NC(=O)C1(C)CCNCC1)C(=O)O. The van der Waals surface area contributed by atoms with E-state index < -0.39 is 17.4 Å². The van der Waals surface area contributed by atoms with Crippen LogP contribution < -0.4 is 10.6 Å². The Hall–Kier alpha value is -1.10. The van der Waals surface area contributed by atoms with E-state index in [4.69, 9.17) is 5.11 Å². The van der Waals surface area contributed by atoms with Crippen molar-refractivity contribution in [2.24, 2.45) is 5.41 Å². The molecule has 0 aromatic heterocycles. The van der Waals surface area contributed by atoms with Gasteiger partial charge in [0.05, 0.1) is 0 Å². The average molecular weight is 228 g/mol. The molecule has 0 aromatic rings. The van der Waals surface area contributed by atoms with Crippen LogP contribution in [0.5, 0.6) is 0 Å². The number of nitrogens with one attached hydrogen (secondary N) is 2. The minimum absolute atomic E-state index is 0.136. The lowest BCUT2D eigenvalue weighted by molar-refractivity contribution is -0.144. The van der Waals surface area contributed by atoms with Gasteiger partial charge in [-0.25, -0.2) is 4.79 Å². The maximum Gasteiger partial charge on any atom is 0.326 e. The molecular formula is C11H20N2O3. The van der Waals surface area contributed by atoms with Crippen LogP contribution in [-0.2, 0) is 9.59 Å². The molecule has 3 N–H and O–H groups in total. The van der Waals surface area contributed by atoms with Crippen molar-refractivity contribution < 1.29 is 14.7 Å². The van der Waals surface area contributed by atoms with Gasteiger partial charge in [-0.05, 0) is 32.4 Å². The molecule has 1 rings (SSSR count). The zero-order chi connectivity index (χ0) is 12.2. The third-order valence-corrected chi connectivity index (χ3v) is 3.27. The second-order valence-corrected chi connectivity index (χ2v) is 4.58. The quantitative estimate of drug-likeness (QED) is 0.649. The predicted molar refractivity (Wildman–Crippen MR) is 60.1 cm³/mol. The molecule has 1 heterocycles. The third-order valence-electron chi connectivity index (χ3n) is 3.27. The molecule has 0 spiro atoms. The van der Waals surface area contributed by atoms with Crippen molar-refractivity contribution in [1.82, 2.24) is 10.6 Å². The van der Waals surface area contributed by atoms with Gasteiger partial charge in [-0.3, -0.25) is 4.79 Å². The van der Waals surface area contributed by atoms with Crippen LogP contribution in [0.15, 0.2) is 0 Å². The molecule has 0 radical (unpaired) electrons. The van der Waals surface area contributed by atoms with Gasteiger partial charge in [0.15, 0.2) is 0 Å². The van der Waals surface area contributed by atoms with Crippen LogP contribution in [0.25, 0.3) is 0 Å². The van der Waals surface area contributed by atoms with Crippen molar-refractivity contribution in [3.63, 3.8) is 0 Å². The monoisotopic (exact) mass is 228 g/mol. The molecule has 1 unspecified atom stereocenters. The lowest BCUT2D eigenvalue weighted by atomic mass is 9.80. The minimum Gasteiger partial charge on any atom is -0.480 e. The van der Waals surface area contributed by atoms with Gasteiger partial charge in [-0.1, -0.05) is 13.8 Å². The van der Waals surface area contributed by atoms with E-state index in [1.807, 2.05) is 6.92 Å². The summed E-state index contributed by atoms with van der Waals surface area (Å²) in [4.78, 5) is 22.8. The van der Waals surface area contributed by atoms with Gasteiger partial charge in [-0.15, -0.1) is 0 Å². The highest BCUT2D eigenvalue weighted by molar-refractivity contribution is 5.87. The summed E-state index contributed by atoms with van der Waals surface area (Å²) in [6, 6.07) is -0.765. The Balaban J connectivity index is 2.59. The van der Waals surface area contributed by atoms with Gasteiger partial charge in [0.2, 0.25) is 5.91 Å². The number of carbonyl (C=O) groups excluding carboxylic acids is 1. The molecule has 92 valence electrons. The number of amides is 1. The average Bonchev–Trinajstić information content (AvgIpc) is 2.26. The van der Waals surface area contributed by atoms with Crippen LogP contribution in [0.1, 0.15) is 33.1 Å². The molecule has 0 aromatic carbocycles. The van der Waals surface area contributed by atoms with Gasteiger partial charge < -0.3 is 15.7 Å². The largest absolute Gasteiger partial charge is 0.480 e. The number of carbonyl (C=O) groups is 2. The Morgan fingerprint density at radius 2 is 2.00 bits per heavy atom. The Bertz CT molecular complexity index is 272. The zero-order valence-electron chi connectivity index (χ0n) is 9.88. The minimum atomic E-state index is -0.964. The summed E-state index contributed by atoms with van der Waals surface area (Å²) < 4.78 is 0. The van der Waals surface area contributed by atoms with Gasteiger partial charge in [0.1, 0.15) is 6.04 Å². The highest BCUT2D eigenvalue weighted by Gasteiger charge is 2.36. The first-order valence-corrected chi connectivity index (χ1v) is 5.74. The highest BCUT2D eigenvalue weighted by atomic mass is 16.4. The van der Waals surface area contributed by atoms with E-state index in [2.05, 4.69) is 10.6 Å². The second-order valence-electron chi connectivity index (χ2n) is 4.58. The normalized spacial score (nSPS) is 21.1. The van der Waals surface area contributed by atoms with Crippen LogP contribution in [0.4, 0.5) is 0 Å². The van der Waals surface area contributed by atoms with E-state index in [1.165, 1.54) is 0 Å². The van der Waals surface area contributed by atoms with Crippen molar-refractivity contribution in [2.75, 3.05) is 13.1 Å². The fourth-order valence-corrected chi connectivity index (χ4v) is 1.88. The molecule has 1 saturated heterocycles. The number of aliphatic carboxylic acids is 1. The van der Waals surface area contributed by atoms with E-state index in [-0.39, 0.29) is 5.91 Å². The zero-order valence-corrected chi connectivity index (χ0v) is 9.88. The van der Waals surface area contributed by atoms with Crippen LogP contribution in [0, 0.1) is 5.41 Å². The second kappa shape index (κ2) is 5.30. The number of piperidine rings is 1. The third kappa shape index (κ3) is 2.95. The standard InChI is InChI=1S/C11H20N2O3/c1-3-8(9(14)15)13-10(16)11(2)4-6-12-7-5-11/h8,12H,3-7H2,1-2H3,(H,13,16)(H,14,15). The number of hydrogen-bond donors (Lipinski definition) is 3. The van der Waals surface area contributed by atoms with Crippen molar-refractivity contribution in [3.05, 3.63) is 0 Å². The van der Waals surface area contributed by atoms with Gasteiger partial charge >= 0.3 is 5.97 Å². The lowest BCUT2D eigenvalue weighted by Gasteiger charge is -2.33. The molecule has 0 bridgehead atoms. The van der Waals surface area contributed by atoms with Crippen LogP contribution in [0.2, 0.25) is 0 Å². The Morgan fingerprint density at radius 1 is 1.44 bits per heavy atom. The predicted octanol–water partition coefficient (Wildman–Crippen LogP) is 0.355. The fourth-order valence-electron chi connectivity index (χ4n) is 1.88. The summed E-state index contributed by atoms with van der Waals surface area (Å²) in [6.07, 6.45) is 1.93. The van der Waals surface area contributed by atoms with Crippen molar-refractivity contribution in [2.45, 2.75) is 39.2 Å². The molecule has 1 amide bonds. The Morgan fingerprint density at radius 3 is 2.44 bits per heavy atom. The summed E-state index contributed by atoms with van der Waals surface area (Å²) in [5.74, 6) is -1.10. The molecule has 1 atom stereocenters. The first-order valence-electron chi connectivity index (χ1n) is 5.74. The molecule has 5 heteroatoms. The van der Waals surface area contributed by atoms with E-state index >= 15 is 0 Å². The number of rotatable bonds is 4. The van der Waals surface area contributed by atoms with Crippen LogP contribution in [0.3, 0.4) is 0 Å². The van der Waals surface area contributed by atoms with Crippen LogP contribution in [-0.4, -0.2) is 36.1 Å². The molecule has 1 aliphatic rings. The van der Waals surface area contributed by atoms with Crippen molar-refractivity contribution in [3.8, 4) is 0 Å². The summed E-state index contributed by atoms with van der Waals surface area (Å²) in [5.41, 5.74) is -0.422. The maximum absolute atomic E-state index is 12.0. The molecule has 0 aliphatic carbocycles. The Kier molecular flexibility index (Phi) is 4.29. The van der Waals surface area contributed by atoms with Crippen molar-refractivity contribution >= 4 is 11.9 Å². The van der Waals surface area contributed by atoms with Gasteiger partial charge in [-0.2, -0.15) is 0 Å². The van der Waals surface area contributed by atoms with Crippen LogP contribution >= 0.6 is 0 Å². The highest BCUT2D eigenvalue weighted by Crippen LogP contribution is 2.28. The molecular weight excluding hydrogens is 208 g/mol.